The average Bonchev–Trinajstić information content (AvgIpc) is 2.95. The van der Waals surface area contributed by atoms with Crippen LogP contribution < -0.4 is 5.32 Å². The molecule has 1 aromatic rings. The van der Waals surface area contributed by atoms with Crippen molar-refractivity contribution in [3.63, 3.8) is 0 Å². The van der Waals surface area contributed by atoms with Gasteiger partial charge in [-0.15, -0.1) is 0 Å². The Labute approximate surface area is 108 Å². The molecular weight excluding hydrogens is 248 g/mol. The molecule has 0 radical (unpaired) electrons. The summed E-state index contributed by atoms with van der Waals surface area (Å²) in [6.45, 7) is 3.43. The standard InChI is InChI=1S/C13H18N2O2S/c1-10-8-11-9-12(4-5-13(11)14-10)18(16,17)15-6-2-3-7-15/h4-5,9-10,14H,2-3,6-8H2,1H3/t10-/m0/s1. The van der Waals surface area contributed by atoms with Gasteiger partial charge in [-0.1, -0.05) is 0 Å². The molecule has 18 heavy (non-hydrogen) atoms. The van der Waals surface area contributed by atoms with E-state index in [1.54, 1.807) is 10.4 Å². The molecule has 1 atom stereocenters. The normalized spacial score (nSPS) is 23.9. The third-order valence-corrected chi connectivity index (χ3v) is 5.60. The number of hydrogen-bond donors (Lipinski definition) is 1. The monoisotopic (exact) mass is 266 g/mol. The van der Waals surface area contributed by atoms with Crippen LogP contribution in [0.1, 0.15) is 25.3 Å². The Morgan fingerprint density at radius 2 is 2.00 bits per heavy atom. The number of nitrogens with zero attached hydrogens (tertiary/aromatic N) is 1. The van der Waals surface area contributed by atoms with Crippen molar-refractivity contribution in [2.45, 2.75) is 37.1 Å². The minimum absolute atomic E-state index is 0.393. The van der Waals surface area contributed by atoms with Gasteiger partial charge in [0.15, 0.2) is 0 Å². The molecule has 0 bridgehead atoms. The average molecular weight is 266 g/mol. The third kappa shape index (κ3) is 1.91. The van der Waals surface area contributed by atoms with Crippen molar-refractivity contribution >= 4 is 15.7 Å². The van der Waals surface area contributed by atoms with Crippen molar-refractivity contribution in [3.05, 3.63) is 23.8 Å². The SMILES string of the molecule is C[C@H]1Cc2cc(S(=O)(=O)N3CCCC3)ccc2N1. The second-order valence-corrected chi connectivity index (χ2v) is 7.12. The van der Waals surface area contributed by atoms with E-state index < -0.39 is 10.0 Å². The van der Waals surface area contributed by atoms with Gasteiger partial charge >= 0.3 is 0 Å². The summed E-state index contributed by atoms with van der Waals surface area (Å²) >= 11 is 0. The first kappa shape index (κ1) is 12.0. The van der Waals surface area contributed by atoms with Crippen LogP contribution in [0, 0.1) is 0 Å². The predicted molar refractivity (Wildman–Crippen MR) is 71.2 cm³/mol. The van der Waals surface area contributed by atoms with Crippen molar-refractivity contribution in [3.8, 4) is 0 Å². The highest BCUT2D eigenvalue weighted by Crippen LogP contribution is 2.30. The van der Waals surface area contributed by atoms with Gasteiger partial charge in [0.2, 0.25) is 10.0 Å². The molecule has 0 aromatic heterocycles. The Kier molecular flexibility index (Phi) is 2.83. The lowest BCUT2D eigenvalue weighted by atomic mass is 10.1. The summed E-state index contributed by atoms with van der Waals surface area (Å²) in [7, 11) is -3.27. The number of sulfonamides is 1. The molecule has 2 heterocycles. The van der Waals surface area contributed by atoms with Crippen LogP contribution in [0.2, 0.25) is 0 Å². The molecule has 3 rings (SSSR count). The third-order valence-electron chi connectivity index (χ3n) is 3.71. The van der Waals surface area contributed by atoms with Crippen molar-refractivity contribution in [1.29, 1.82) is 0 Å². The summed E-state index contributed by atoms with van der Waals surface area (Å²) in [5, 5.41) is 3.34. The Balaban J connectivity index is 1.96. The minimum atomic E-state index is -3.27. The summed E-state index contributed by atoms with van der Waals surface area (Å²) in [6.07, 6.45) is 2.85. The van der Waals surface area contributed by atoms with E-state index in [1.807, 2.05) is 12.1 Å². The number of rotatable bonds is 2. The molecule has 98 valence electrons. The Hall–Kier alpha value is -1.07. The van der Waals surface area contributed by atoms with Gasteiger partial charge in [0.25, 0.3) is 0 Å². The van der Waals surface area contributed by atoms with Crippen LogP contribution in [-0.2, 0) is 16.4 Å². The van der Waals surface area contributed by atoms with Crippen molar-refractivity contribution < 1.29 is 8.42 Å². The minimum Gasteiger partial charge on any atom is -0.382 e. The Morgan fingerprint density at radius 1 is 1.28 bits per heavy atom. The molecule has 2 aliphatic rings. The molecule has 1 fully saturated rings. The second kappa shape index (κ2) is 4.24. The zero-order chi connectivity index (χ0) is 12.8. The molecule has 1 aromatic carbocycles. The fraction of sp³-hybridized carbons (Fsp3) is 0.538. The van der Waals surface area contributed by atoms with E-state index in [0.29, 0.717) is 24.0 Å². The lowest BCUT2D eigenvalue weighted by molar-refractivity contribution is 0.477. The van der Waals surface area contributed by atoms with E-state index in [1.165, 1.54) is 0 Å². The van der Waals surface area contributed by atoms with Gasteiger partial charge in [0, 0.05) is 24.8 Å². The van der Waals surface area contributed by atoms with Crippen LogP contribution >= 0.6 is 0 Å². The summed E-state index contributed by atoms with van der Waals surface area (Å²) in [5.74, 6) is 0. The lowest BCUT2D eigenvalue weighted by Crippen LogP contribution is -2.27. The van der Waals surface area contributed by atoms with Crippen molar-refractivity contribution in [2.24, 2.45) is 0 Å². The summed E-state index contributed by atoms with van der Waals surface area (Å²) in [4.78, 5) is 0.444. The zero-order valence-corrected chi connectivity index (χ0v) is 11.3. The molecule has 2 aliphatic heterocycles. The predicted octanol–water partition coefficient (Wildman–Crippen LogP) is 1.83. The van der Waals surface area contributed by atoms with Crippen LogP contribution in [0.25, 0.3) is 0 Å². The first-order valence-corrected chi connectivity index (χ1v) is 7.91. The van der Waals surface area contributed by atoms with Gasteiger partial charge < -0.3 is 5.32 Å². The number of anilines is 1. The molecule has 5 heteroatoms. The van der Waals surface area contributed by atoms with E-state index in [0.717, 1.165) is 30.5 Å². The summed E-state index contributed by atoms with van der Waals surface area (Å²) < 4.78 is 26.4. The molecule has 4 nitrogen and oxygen atoms in total. The highest BCUT2D eigenvalue weighted by molar-refractivity contribution is 7.89. The smallest absolute Gasteiger partial charge is 0.243 e. The topological polar surface area (TPSA) is 49.4 Å². The van der Waals surface area contributed by atoms with Crippen LogP contribution in [0.5, 0.6) is 0 Å². The van der Waals surface area contributed by atoms with E-state index in [9.17, 15) is 8.42 Å². The van der Waals surface area contributed by atoms with Gasteiger partial charge in [-0.2, -0.15) is 4.31 Å². The lowest BCUT2D eigenvalue weighted by Gasteiger charge is -2.16. The second-order valence-electron chi connectivity index (χ2n) is 5.18. The van der Waals surface area contributed by atoms with Crippen LogP contribution in [-0.4, -0.2) is 31.9 Å². The summed E-state index contributed by atoms with van der Waals surface area (Å²) in [6, 6.07) is 5.84. The molecule has 0 saturated carbocycles. The molecular formula is C13H18N2O2S. The molecule has 0 aliphatic carbocycles. The maximum atomic E-state index is 12.4. The molecule has 0 amide bonds. The zero-order valence-electron chi connectivity index (χ0n) is 10.5. The molecule has 1 saturated heterocycles. The van der Waals surface area contributed by atoms with Crippen molar-refractivity contribution in [2.75, 3.05) is 18.4 Å². The highest BCUT2D eigenvalue weighted by atomic mass is 32.2. The number of fused-ring (bicyclic) bond motifs is 1. The van der Waals surface area contributed by atoms with E-state index >= 15 is 0 Å². The number of nitrogens with one attached hydrogen (secondary N) is 1. The Bertz CT molecular complexity index is 562. The maximum absolute atomic E-state index is 12.4. The van der Waals surface area contributed by atoms with E-state index in [2.05, 4.69) is 12.2 Å². The van der Waals surface area contributed by atoms with Crippen LogP contribution in [0.4, 0.5) is 5.69 Å². The van der Waals surface area contributed by atoms with Gasteiger partial charge in [-0.05, 0) is 49.9 Å². The molecule has 0 spiro atoms. The highest BCUT2D eigenvalue weighted by Gasteiger charge is 2.28. The first-order chi connectivity index (χ1) is 8.57. The van der Waals surface area contributed by atoms with Gasteiger partial charge in [-0.3, -0.25) is 0 Å². The van der Waals surface area contributed by atoms with E-state index in [-0.39, 0.29) is 0 Å². The molecule has 0 unspecified atom stereocenters. The number of hydrogen-bond acceptors (Lipinski definition) is 3. The fourth-order valence-electron chi connectivity index (χ4n) is 2.76. The first-order valence-electron chi connectivity index (χ1n) is 6.47. The molecule has 1 N–H and O–H groups in total. The van der Waals surface area contributed by atoms with Gasteiger partial charge in [0.05, 0.1) is 4.90 Å². The number of benzene rings is 1. The van der Waals surface area contributed by atoms with Crippen molar-refractivity contribution in [1.82, 2.24) is 4.31 Å². The summed E-state index contributed by atoms with van der Waals surface area (Å²) in [5.41, 5.74) is 2.19. The van der Waals surface area contributed by atoms with Gasteiger partial charge in [0.1, 0.15) is 0 Å². The quantitative estimate of drug-likeness (QED) is 0.888. The van der Waals surface area contributed by atoms with E-state index in [4.69, 9.17) is 0 Å². The van der Waals surface area contributed by atoms with Crippen LogP contribution in [0.3, 0.4) is 0 Å². The fourth-order valence-corrected chi connectivity index (χ4v) is 4.33. The Morgan fingerprint density at radius 3 is 2.72 bits per heavy atom. The maximum Gasteiger partial charge on any atom is 0.243 e. The van der Waals surface area contributed by atoms with Gasteiger partial charge in [-0.25, -0.2) is 8.42 Å². The largest absolute Gasteiger partial charge is 0.382 e. The van der Waals surface area contributed by atoms with Crippen LogP contribution in [0.15, 0.2) is 23.1 Å².